The van der Waals surface area contributed by atoms with E-state index in [2.05, 4.69) is 5.10 Å². The van der Waals surface area contributed by atoms with Crippen LogP contribution in [0.1, 0.15) is 5.76 Å². The van der Waals surface area contributed by atoms with Crippen molar-refractivity contribution in [2.45, 2.75) is 6.92 Å². The first kappa shape index (κ1) is 5.53. The van der Waals surface area contributed by atoms with Gasteiger partial charge in [-0.3, -0.25) is 4.68 Å². The van der Waals surface area contributed by atoms with E-state index < -0.39 is 0 Å². The summed E-state index contributed by atoms with van der Waals surface area (Å²) < 4.78 is 7.10. The van der Waals surface area contributed by atoms with Crippen LogP contribution in [-0.2, 0) is 7.05 Å². The molecule has 0 saturated carbocycles. The zero-order valence-electron chi connectivity index (χ0n) is 5.96. The summed E-state index contributed by atoms with van der Waals surface area (Å²) in [6, 6.07) is 1.97. The maximum Gasteiger partial charge on any atom is 0.172 e. The Bertz CT molecular complexity index is 358. The highest BCUT2D eigenvalue weighted by Crippen LogP contribution is 2.16. The number of fused-ring (bicyclic) bond motifs is 1. The number of hydrogen-bond acceptors (Lipinski definition) is 2. The summed E-state index contributed by atoms with van der Waals surface area (Å²) >= 11 is 0. The molecule has 0 bridgehead atoms. The van der Waals surface area contributed by atoms with Crippen LogP contribution in [0.4, 0.5) is 0 Å². The van der Waals surface area contributed by atoms with Crippen molar-refractivity contribution < 1.29 is 4.42 Å². The van der Waals surface area contributed by atoms with E-state index in [9.17, 15) is 0 Å². The molecule has 10 heavy (non-hydrogen) atoms. The molecule has 0 aliphatic carbocycles. The second kappa shape index (κ2) is 1.62. The first-order chi connectivity index (χ1) is 4.77. The van der Waals surface area contributed by atoms with E-state index >= 15 is 0 Å². The first-order valence-electron chi connectivity index (χ1n) is 3.15. The number of hydrogen-bond donors (Lipinski definition) is 0. The van der Waals surface area contributed by atoms with Gasteiger partial charge in [0, 0.05) is 13.1 Å². The van der Waals surface area contributed by atoms with Gasteiger partial charge in [0.2, 0.25) is 0 Å². The van der Waals surface area contributed by atoms with Crippen molar-refractivity contribution in [3.63, 3.8) is 0 Å². The molecule has 52 valence electrons. The van der Waals surface area contributed by atoms with Crippen LogP contribution in [0.15, 0.2) is 16.7 Å². The van der Waals surface area contributed by atoms with Gasteiger partial charge in [0.1, 0.15) is 11.3 Å². The van der Waals surface area contributed by atoms with Crippen LogP contribution in [0.2, 0.25) is 0 Å². The molecule has 0 atom stereocenters. The highest BCUT2D eigenvalue weighted by atomic mass is 16.3. The molecule has 2 heterocycles. The van der Waals surface area contributed by atoms with Crippen LogP contribution >= 0.6 is 0 Å². The second-order valence-corrected chi connectivity index (χ2v) is 2.37. The highest BCUT2D eigenvalue weighted by molar-refractivity contribution is 5.72. The molecule has 0 aromatic carbocycles. The smallest absolute Gasteiger partial charge is 0.172 e. The van der Waals surface area contributed by atoms with Crippen LogP contribution in [0.25, 0.3) is 11.1 Å². The first-order valence-corrected chi connectivity index (χ1v) is 3.15. The third-order valence-electron chi connectivity index (χ3n) is 1.56. The molecule has 0 aliphatic rings. The zero-order valence-corrected chi connectivity index (χ0v) is 5.96. The molecule has 3 nitrogen and oxygen atoms in total. The molecular formula is C7H8N2O. The van der Waals surface area contributed by atoms with E-state index in [0.29, 0.717) is 0 Å². The van der Waals surface area contributed by atoms with Crippen LogP contribution in [-0.4, -0.2) is 9.78 Å². The van der Waals surface area contributed by atoms with E-state index in [1.165, 1.54) is 0 Å². The lowest BCUT2D eigenvalue weighted by molar-refractivity contribution is 0.578. The molecule has 2 aromatic rings. The Hall–Kier alpha value is -1.25. The van der Waals surface area contributed by atoms with Gasteiger partial charge in [-0.15, -0.1) is 0 Å². The average molecular weight is 136 g/mol. The number of nitrogens with zero attached hydrogens (tertiary/aromatic N) is 2. The number of aromatic nitrogens is 2. The van der Waals surface area contributed by atoms with Gasteiger partial charge >= 0.3 is 0 Å². The summed E-state index contributed by atoms with van der Waals surface area (Å²) in [5.74, 6) is 0.933. The zero-order chi connectivity index (χ0) is 7.14. The molecule has 3 heteroatoms. The predicted octanol–water partition coefficient (Wildman–Crippen LogP) is 1.47. The van der Waals surface area contributed by atoms with Gasteiger partial charge in [0.25, 0.3) is 0 Å². The normalized spacial score (nSPS) is 11.0. The fourth-order valence-corrected chi connectivity index (χ4v) is 1.07. The van der Waals surface area contributed by atoms with E-state index in [4.69, 9.17) is 4.42 Å². The third-order valence-corrected chi connectivity index (χ3v) is 1.56. The van der Waals surface area contributed by atoms with Crippen LogP contribution in [0.5, 0.6) is 0 Å². The Labute approximate surface area is 58.2 Å². The topological polar surface area (TPSA) is 31.0 Å². The summed E-state index contributed by atoms with van der Waals surface area (Å²) in [6.07, 6.45) is 1.72. The lowest BCUT2D eigenvalue weighted by Gasteiger charge is -1.83. The fraction of sp³-hybridized carbons (Fsp3) is 0.286. The molecule has 0 amide bonds. The minimum atomic E-state index is 0.861. The number of aryl methyl sites for hydroxylation is 2. The Morgan fingerprint density at radius 3 is 3.10 bits per heavy atom. The summed E-state index contributed by atoms with van der Waals surface area (Å²) in [6.45, 7) is 1.93. The SMILES string of the molecule is Cc1cc2c(cnn2C)o1. The van der Waals surface area contributed by atoms with Gasteiger partial charge in [-0.2, -0.15) is 5.10 Å². The van der Waals surface area contributed by atoms with Crippen LogP contribution in [0.3, 0.4) is 0 Å². The predicted molar refractivity (Wildman–Crippen MR) is 37.7 cm³/mol. The monoisotopic (exact) mass is 136 g/mol. The Balaban J connectivity index is 2.90. The third kappa shape index (κ3) is 0.572. The Kier molecular flexibility index (Phi) is 0.897. The molecule has 0 N–H and O–H groups in total. The second-order valence-electron chi connectivity index (χ2n) is 2.37. The standard InChI is InChI=1S/C7H8N2O/c1-5-3-6-7(10-5)4-8-9(6)2/h3-4H,1-2H3. The Morgan fingerprint density at radius 1 is 1.60 bits per heavy atom. The maximum absolute atomic E-state index is 5.31. The van der Waals surface area contributed by atoms with Crippen molar-refractivity contribution in [3.05, 3.63) is 18.0 Å². The van der Waals surface area contributed by atoms with Crippen molar-refractivity contribution >= 4 is 11.1 Å². The summed E-state index contributed by atoms with van der Waals surface area (Å²) in [5.41, 5.74) is 1.91. The van der Waals surface area contributed by atoms with E-state index in [1.807, 2.05) is 20.0 Å². The van der Waals surface area contributed by atoms with E-state index in [-0.39, 0.29) is 0 Å². The van der Waals surface area contributed by atoms with Crippen molar-refractivity contribution in [1.29, 1.82) is 0 Å². The van der Waals surface area contributed by atoms with Gasteiger partial charge in [0.15, 0.2) is 5.58 Å². The van der Waals surface area contributed by atoms with Gasteiger partial charge in [-0.25, -0.2) is 0 Å². The molecule has 2 rings (SSSR count). The van der Waals surface area contributed by atoms with Gasteiger partial charge in [-0.1, -0.05) is 0 Å². The lowest BCUT2D eigenvalue weighted by atomic mass is 10.4. The van der Waals surface area contributed by atoms with Gasteiger partial charge in [0.05, 0.1) is 6.20 Å². The lowest BCUT2D eigenvalue weighted by Crippen LogP contribution is -1.86. The highest BCUT2D eigenvalue weighted by Gasteiger charge is 2.02. The van der Waals surface area contributed by atoms with Crippen LogP contribution < -0.4 is 0 Å². The van der Waals surface area contributed by atoms with E-state index in [0.717, 1.165) is 16.9 Å². The van der Waals surface area contributed by atoms with E-state index in [1.54, 1.807) is 10.9 Å². The van der Waals surface area contributed by atoms with Gasteiger partial charge < -0.3 is 4.42 Å². The average Bonchev–Trinajstić information content (AvgIpc) is 2.35. The van der Waals surface area contributed by atoms with Crippen LogP contribution in [0, 0.1) is 6.92 Å². The van der Waals surface area contributed by atoms with Crippen molar-refractivity contribution in [2.24, 2.45) is 7.05 Å². The molecule has 0 saturated heterocycles. The van der Waals surface area contributed by atoms with Crippen molar-refractivity contribution in [2.75, 3.05) is 0 Å². The molecular weight excluding hydrogens is 128 g/mol. The molecule has 0 radical (unpaired) electrons. The summed E-state index contributed by atoms with van der Waals surface area (Å²) in [7, 11) is 1.90. The number of furan rings is 1. The molecule has 0 unspecified atom stereocenters. The molecule has 0 spiro atoms. The number of rotatable bonds is 0. The minimum absolute atomic E-state index is 0.861. The summed E-state index contributed by atoms with van der Waals surface area (Å²) in [5, 5.41) is 4.02. The molecule has 0 fully saturated rings. The molecule has 0 aliphatic heterocycles. The Morgan fingerprint density at radius 2 is 2.40 bits per heavy atom. The van der Waals surface area contributed by atoms with Gasteiger partial charge in [-0.05, 0) is 6.92 Å². The quantitative estimate of drug-likeness (QED) is 0.549. The minimum Gasteiger partial charge on any atom is -0.458 e. The largest absolute Gasteiger partial charge is 0.458 e. The maximum atomic E-state index is 5.31. The van der Waals surface area contributed by atoms with Crippen molar-refractivity contribution in [1.82, 2.24) is 9.78 Å². The summed E-state index contributed by atoms with van der Waals surface area (Å²) in [4.78, 5) is 0. The molecule has 2 aromatic heterocycles. The van der Waals surface area contributed by atoms with Crippen molar-refractivity contribution in [3.8, 4) is 0 Å². The fourth-order valence-electron chi connectivity index (χ4n) is 1.07.